The summed E-state index contributed by atoms with van der Waals surface area (Å²) < 4.78 is 19.8. The van der Waals surface area contributed by atoms with Gasteiger partial charge in [-0.05, 0) is 103 Å². The van der Waals surface area contributed by atoms with Gasteiger partial charge in [-0.3, -0.25) is 9.36 Å². The number of thiazole rings is 1. The molecule has 0 saturated heterocycles. The number of carbonyl (C=O) groups is 2. The van der Waals surface area contributed by atoms with Crippen LogP contribution in [0, 0.1) is 0 Å². The minimum atomic E-state index is -0.982. The summed E-state index contributed by atoms with van der Waals surface area (Å²) in [6, 6.07) is 18.6. The first-order chi connectivity index (χ1) is 21.5. The standard InChI is InChI=1S/C34H31BrN2O7S/c1-5-42-25-13-11-23(12-14-25)30-29(33(41)44-19(2)3)20(4)36-34-37(30)31(38)28(45-34)17-22-8-15-27(26(35)16-22)43-18-21-6-9-24(10-7-21)32(39)40/h6-17,19,30H,5,18H2,1-4H3,(H,39,40)/b28-17+/t30-/m1/s1. The minimum Gasteiger partial charge on any atom is -0.494 e. The molecule has 1 aromatic heterocycles. The van der Waals surface area contributed by atoms with Crippen molar-refractivity contribution in [3.8, 4) is 11.5 Å². The molecule has 3 aromatic carbocycles. The van der Waals surface area contributed by atoms with Gasteiger partial charge in [0.2, 0.25) is 0 Å². The van der Waals surface area contributed by atoms with Gasteiger partial charge >= 0.3 is 11.9 Å². The molecule has 0 spiro atoms. The molecule has 232 valence electrons. The average Bonchev–Trinajstić information content (AvgIpc) is 3.30. The Morgan fingerprint density at radius 2 is 1.78 bits per heavy atom. The monoisotopic (exact) mass is 690 g/mol. The van der Waals surface area contributed by atoms with Gasteiger partial charge in [-0.25, -0.2) is 14.6 Å². The second kappa shape index (κ2) is 13.7. The van der Waals surface area contributed by atoms with Crippen molar-refractivity contribution in [2.75, 3.05) is 6.61 Å². The summed E-state index contributed by atoms with van der Waals surface area (Å²) in [5.74, 6) is -0.217. The predicted molar refractivity (Wildman–Crippen MR) is 174 cm³/mol. The van der Waals surface area contributed by atoms with E-state index in [1.807, 2.05) is 43.3 Å². The highest BCUT2D eigenvalue weighted by atomic mass is 79.9. The Morgan fingerprint density at radius 1 is 1.07 bits per heavy atom. The maximum absolute atomic E-state index is 14.0. The Morgan fingerprint density at radius 3 is 2.40 bits per heavy atom. The van der Waals surface area contributed by atoms with Crippen LogP contribution in [0.4, 0.5) is 0 Å². The zero-order valence-corrected chi connectivity index (χ0v) is 27.5. The Balaban J connectivity index is 1.48. The lowest BCUT2D eigenvalue weighted by molar-refractivity contribution is -0.143. The van der Waals surface area contributed by atoms with E-state index < -0.39 is 18.0 Å². The molecule has 0 bridgehead atoms. The molecule has 45 heavy (non-hydrogen) atoms. The van der Waals surface area contributed by atoms with Gasteiger partial charge in [-0.15, -0.1) is 0 Å². The largest absolute Gasteiger partial charge is 0.494 e. The van der Waals surface area contributed by atoms with Crippen LogP contribution in [0.2, 0.25) is 0 Å². The molecule has 9 nitrogen and oxygen atoms in total. The van der Waals surface area contributed by atoms with E-state index in [0.29, 0.717) is 43.2 Å². The number of allylic oxidation sites excluding steroid dienone is 1. The summed E-state index contributed by atoms with van der Waals surface area (Å²) in [6.45, 7) is 7.99. The average molecular weight is 692 g/mol. The summed E-state index contributed by atoms with van der Waals surface area (Å²) in [7, 11) is 0. The molecule has 0 fully saturated rings. The van der Waals surface area contributed by atoms with Crippen molar-refractivity contribution in [2.45, 2.75) is 46.4 Å². The van der Waals surface area contributed by atoms with E-state index in [-0.39, 0.29) is 23.8 Å². The van der Waals surface area contributed by atoms with Crippen molar-refractivity contribution in [2.24, 2.45) is 4.99 Å². The quantitative estimate of drug-likeness (QED) is 0.215. The number of carboxylic acids is 1. The lowest BCUT2D eigenvalue weighted by Gasteiger charge is -2.25. The van der Waals surface area contributed by atoms with Crippen molar-refractivity contribution in [1.82, 2.24) is 4.57 Å². The van der Waals surface area contributed by atoms with Gasteiger partial charge in [0, 0.05) is 0 Å². The number of nitrogens with zero attached hydrogens (tertiary/aromatic N) is 2. The van der Waals surface area contributed by atoms with Crippen molar-refractivity contribution in [3.05, 3.63) is 124 Å². The second-order valence-corrected chi connectivity index (χ2v) is 12.4. The van der Waals surface area contributed by atoms with Crippen LogP contribution in [0.25, 0.3) is 6.08 Å². The molecule has 0 aliphatic carbocycles. The first-order valence-corrected chi connectivity index (χ1v) is 15.9. The molecule has 1 aliphatic rings. The zero-order valence-electron chi connectivity index (χ0n) is 25.1. The number of benzene rings is 3. The molecule has 2 heterocycles. The minimum absolute atomic E-state index is 0.210. The fourth-order valence-corrected chi connectivity index (χ4v) is 6.43. The predicted octanol–water partition coefficient (Wildman–Crippen LogP) is 5.63. The first-order valence-electron chi connectivity index (χ1n) is 14.3. The molecule has 0 amide bonds. The third kappa shape index (κ3) is 7.10. The Bertz CT molecular complexity index is 1960. The van der Waals surface area contributed by atoms with Crippen LogP contribution >= 0.6 is 27.3 Å². The lowest BCUT2D eigenvalue weighted by atomic mass is 9.96. The number of carboxylic acid groups (broad SMARTS) is 1. The van der Waals surface area contributed by atoms with Gasteiger partial charge in [-0.2, -0.15) is 0 Å². The van der Waals surface area contributed by atoms with Crippen LogP contribution in [0.5, 0.6) is 11.5 Å². The number of ether oxygens (including phenoxy) is 3. The molecule has 1 atom stereocenters. The topological polar surface area (TPSA) is 116 Å². The molecular weight excluding hydrogens is 660 g/mol. The summed E-state index contributed by atoms with van der Waals surface area (Å²) in [4.78, 5) is 43.5. The maximum Gasteiger partial charge on any atom is 0.338 e. The van der Waals surface area contributed by atoms with Crippen LogP contribution in [-0.4, -0.2) is 34.3 Å². The summed E-state index contributed by atoms with van der Waals surface area (Å²) in [5.41, 5.74) is 3.06. The van der Waals surface area contributed by atoms with E-state index in [1.54, 1.807) is 49.6 Å². The molecule has 1 N–H and O–H groups in total. The third-order valence-electron chi connectivity index (χ3n) is 6.94. The second-order valence-electron chi connectivity index (χ2n) is 10.5. The summed E-state index contributed by atoms with van der Waals surface area (Å²) in [6.07, 6.45) is 1.44. The van der Waals surface area contributed by atoms with Crippen molar-refractivity contribution in [1.29, 1.82) is 0 Å². The molecule has 5 rings (SSSR count). The Kier molecular flexibility index (Phi) is 9.69. The van der Waals surface area contributed by atoms with E-state index >= 15 is 0 Å². The van der Waals surface area contributed by atoms with Crippen molar-refractivity contribution in [3.63, 3.8) is 0 Å². The third-order valence-corrected chi connectivity index (χ3v) is 8.54. The number of hydrogen-bond donors (Lipinski definition) is 1. The summed E-state index contributed by atoms with van der Waals surface area (Å²) in [5, 5.41) is 9.09. The van der Waals surface area contributed by atoms with Gasteiger partial charge in [0.1, 0.15) is 18.1 Å². The van der Waals surface area contributed by atoms with Crippen LogP contribution in [0.3, 0.4) is 0 Å². The van der Waals surface area contributed by atoms with E-state index in [2.05, 4.69) is 20.9 Å². The fourth-order valence-electron chi connectivity index (χ4n) is 4.87. The fraction of sp³-hybridized carbons (Fsp3) is 0.235. The van der Waals surface area contributed by atoms with Crippen LogP contribution in [0.15, 0.2) is 92.3 Å². The highest BCUT2D eigenvalue weighted by Crippen LogP contribution is 2.32. The maximum atomic E-state index is 14.0. The van der Waals surface area contributed by atoms with Crippen LogP contribution in [-0.2, 0) is 16.1 Å². The van der Waals surface area contributed by atoms with Gasteiger partial charge in [0.15, 0.2) is 4.80 Å². The highest BCUT2D eigenvalue weighted by molar-refractivity contribution is 9.10. The lowest BCUT2D eigenvalue weighted by Crippen LogP contribution is -2.40. The smallest absolute Gasteiger partial charge is 0.338 e. The van der Waals surface area contributed by atoms with E-state index in [4.69, 9.17) is 19.3 Å². The number of carbonyl (C=O) groups excluding carboxylic acids is 1. The van der Waals surface area contributed by atoms with Crippen LogP contribution in [0.1, 0.15) is 60.8 Å². The first kappa shape index (κ1) is 31.9. The van der Waals surface area contributed by atoms with E-state index in [1.165, 1.54) is 23.5 Å². The van der Waals surface area contributed by atoms with Crippen molar-refractivity contribution < 1.29 is 28.9 Å². The van der Waals surface area contributed by atoms with E-state index in [0.717, 1.165) is 16.7 Å². The van der Waals surface area contributed by atoms with Gasteiger partial charge in [-0.1, -0.05) is 41.7 Å². The normalized spacial score (nSPS) is 14.6. The van der Waals surface area contributed by atoms with Crippen molar-refractivity contribution >= 4 is 45.3 Å². The Hall–Kier alpha value is -4.48. The number of hydrogen-bond acceptors (Lipinski definition) is 8. The number of esters is 1. The summed E-state index contributed by atoms with van der Waals surface area (Å²) >= 11 is 4.81. The highest BCUT2D eigenvalue weighted by Gasteiger charge is 2.33. The number of halogens is 1. The molecule has 1 aliphatic heterocycles. The number of rotatable bonds is 10. The molecule has 0 unspecified atom stereocenters. The molecule has 0 radical (unpaired) electrons. The Labute approximate surface area is 271 Å². The van der Waals surface area contributed by atoms with Gasteiger partial charge < -0.3 is 19.3 Å². The number of aromatic nitrogens is 1. The molecule has 11 heteroatoms. The SMILES string of the molecule is CCOc1ccc([C@@H]2C(C(=O)OC(C)C)=C(C)N=c3s/c(=C/c4ccc(OCc5ccc(C(=O)O)cc5)c(Br)c4)c(=O)n32)cc1. The number of fused-ring (bicyclic) bond motifs is 1. The van der Waals surface area contributed by atoms with Crippen LogP contribution < -0.4 is 24.4 Å². The van der Waals surface area contributed by atoms with E-state index in [9.17, 15) is 14.4 Å². The molecular formula is C34H31BrN2O7S. The zero-order chi connectivity index (χ0) is 32.2. The molecule has 4 aromatic rings. The van der Waals surface area contributed by atoms with Gasteiger partial charge in [0.05, 0.1) is 44.6 Å². The molecule has 0 saturated carbocycles. The number of aromatic carboxylic acids is 1. The van der Waals surface area contributed by atoms with Gasteiger partial charge in [0.25, 0.3) is 5.56 Å².